The standard InChI is InChI=1S/C16H21N3O5/c1-9(19(2)16(22)23)14(20)17-12-7-5-10-4-6-11(24-3)8-13(10)18-15(12)21/h4,6,8-9,12H,5,7H2,1-3H3,(H,17,20)(H,18,21)(H,22,23)/t9-,12-/m0/s1. The SMILES string of the molecule is COc1ccc2c(c1)NC(=O)[C@@H](NC(=O)[C@H](C)N(C)C(=O)O)CC2. The van der Waals surface area contributed by atoms with Crippen molar-refractivity contribution < 1.29 is 24.2 Å². The van der Waals surface area contributed by atoms with Crippen molar-refractivity contribution in [2.45, 2.75) is 31.8 Å². The molecule has 3 N–H and O–H groups in total. The zero-order chi connectivity index (χ0) is 17.9. The maximum Gasteiger partial charge on any atom is 0.407 e. The van der Waals surface area contributed by atoms with Crippen molar-refractivity contribution in [3.05, 3.63) is 23.8 Å². The van der Waals surface area contributed by atoms with Gasteiger partial charge in [-0.25, -0.2) is 4.79 Å². The van der Waals surface area contributed by atoms with Gasteiger partial charge in [-0.3, -0.25) is 14.5 Å². The molecule has 0 fully saturated rings. The van der Waals surface area contributed by atoms with Crippen molar-refractivity contribution >= 4 is 23.6 Å². The van der Waals surface area contributed by atoms with E-state index >= 15 is 0 Å². The van der Waals surface area contributed by atoms with Crippen molar-refractivity contribution in [1.29, 1.82) is 0 Å². The van der Waals surface area contributed by atoms with Gasteiger partial charge < -0.3 is 20.5 Å². The summed E-state index contributed by atoms with van der Waals surface area (Å²) >= 11 is 0. The fourth-order valence-electron chi connectivity index (χ4n) is 2.44. The van der Waals surface area contributed by atoms with Crippen LogP contribution in [0.2, 0.25) is 0 Å². The number of amides is 3. The molecule has 0 saturated heterocycles. The lowest BCUT2D eigenvalue weighted by atomic mass is 10.1. The van der Waals surface area contributed by atoms with Gasteiger partial charge in [0.25, 0.3) is 0 Å². The zero-order valence-electron chi connectivity index (χ0n) is 13.8. The number of hydrogen-bond acceptors (Lipinski definition) is 4. The lowest BCUT2D eigenvalue weighted by Gasteiger charge is -2.23. The van der Waals surface area contributed by atoms with E-state index in [1.54, 1.807) is 13.2 Å². The van der Waals surface area contributed by atoms with Crippen molar-refractivity contribution in [3.8, 4) is 5.75 Å². The molecule has 1 heterocycles. The molecule has 0 unspecified atom stereocenters. The number of ether oxygens (including phenoxy) is 1. The highest BCUT2D eigenvalue weighted by molar-refractivity contribution is 5.99. The predicted molar refractivity (Wildman–Crippen MR) is 87.1 cm³/mol. The van der Waals surface area contributed by atoms with Gasteiger partial charge in [-0.2, -0.15) is 0 Å². The zero-order valence-corrected chi connectivity index (χ0v) is 13.8. The molecule has 0 aromatic heterocycles. The van der Waals surface area contributed by atoms with Crippen LogP contribution in [0.15, 0.2) is 18.2 Å². The van der Waals surface area contributed by atoms with Crippen molar-refractivity contribution in [1.82, 2.24) is 10.2 Å². The molecule has 24 heavy (non-hydrogen) atoms. The Morgan fingerprint density at radius 3 is 2.79 bits per heavy atom. The van der Waals surface area contributed by atoms with E-state index in [2.05, 4.69) is 10.6 Å². The number of likely N-dealkylation sites (N-methyl/N-ethyl adjacent to an activating group) is 1. The van der Waals surface area contributed by atoms with Crippen LogP contribution in [-0.2, 0) is 16.0 Å². The average Bonchev–Trinajstić information content (AvgIpc) is 2.71. The average molecular weight is 335 g/mol. The minimum absolute atomic E-state index is 0.333. The number of rotatable bonds is 4. The molecule has 0 spiro atoms. The normalized spacial score (nSPS) is 17.8. The molecule has 1 aliphatic heterocycles. The highest BCUT2D eigenvalue weighted by atomic mass is 16.5. The van der Waals surface area contributed by atoms with Gasteiger partial charge in [0.1, 0.15) is 17.8 Å². The number of hydrogen-bond donors (Lipinski definition) is 3. The van der Waals surface area contributed by atoms with E-state index in [0.717, 1.165) is 10.5 Å². The largest absolute Gasteiger partial charge is 0.497 e. The number of carbonyl (C=O) groups excluding carboxylic acids is 2. The number of aryl methyl sites for hydroxylation is 1. The summed E-state index contributed by atoms with van der Waals surface area (Å²) in [5, 5.41) is 14.3. The van der Waals surface area contributed by atoms with E-state index in [1.807, 2.05) is 12.1 Å². The second kappa shape index (κ2) is 7.20. The number of nitrogens with one attached hydrogen (secondary N) is 2. The molecule has 1 aromatic carbocycles. The number of benzene rings is 1. The van der Waals surface area contributed by atoms with Gasteiger partial charge in [0.2, 0.25) is 11.8 Å². The molecule has 130 valence electrons. The van der Waals surface area contributed by atoms with Gasteiger partial charge >= 0.3 is 6.09 Å². The van der Waals surface area contributed by atoms with E-state index < -0.39 is 24.1 Å². The molecule has 1 aromatic rings. The Kier molecular flexibility index (Phi) is 5.28. The predicted octanol–water partition coefficient (Wildman–Crippen LogP) is 1.06. The quantitative estimate of drug-likeness (QED) is 0.762. The Morgan fingerprint density at radius 1 is 1.46 bits per heavy atom. The molecule has 8 heteroatoms. The molecule has 1 aliphatic rings. The Labute approximate surface area is 139 Å². The number of anilines is 1. The Morgan fingerprint density at radius 2 is 2.17 bits per heavy atom. The van der Waals surface area contributed by atoms with E-state index in [9.17, 15) is 14.4 Å². The number of fused-ring (bicyclic) bond motifs is 1. The number of carboxylic acid groups (broad SMARTS) is 1. The van der Waals surface area contributed by atoms with E-state index in [-0.39, 0.29) is 5.91 Å². The van der Waals surface area contributed by atoms with Crippen LogP contribution >= 0.6 is 0 Å². The monoisotopic (exact) mass is 335 g/mol. The molecule has 0 aliphatic carbocycles. The Balaban J connectivity index is 2.07. The van der Waals surface area contributed by atoms with Gasteiger partial charge in [0.15, 0.2) is 0 Å². The third-order valence-corrected chi connectivity index (χ3v) is 4.17. The van der Waals surface area contributed by atoms with Gasteiger partial charge in [-0.15, -0.1) is 0 Å². The summed E-state index contributed by atoms with van der Waals surface area (Å²) in [5.74, 6) is -0.211. The van der Waals surface area contributed by atoms with Crippen LogP contribution in [-0.4, -0.2) is 54.2 Å². The summed E-state index contributed by atoms with van der Waals surface area (Å²) < 4.78 is 5.15. The lowest BCUT2D eigenvalue weighted by molar-refractivity contribution is -0.129. The van der Waals surface area contributed by atoms with Gasteiger partial charge in [-0.05, 0) is 31.4 Å². The molecular weight excluding hydrogens is 314 g/mol. The van der Waals surface area contributed by atoms with Crippen LogP contribution in [0.3, 0.4) is 0 Å². The van der Waals surface area contributed by atoms with E-state index in [0.29, 0.717) is 24.3 Å². The summed E-state index contributed by atoms with van der Waals surface area (Å²) in [6.45, 7) is 1.47. The second-order valence-electron chi connectivity index (χ2n) is 5.68. The number of carbonyl (C=O) groups is 3. The summed E-state index contributed by atoms with van der Waals surface area (Å²) in [6, 6.07) is 3.81. The molecule has 8 nitrogen and oxygen atoms in total. The van der Waals surface area contributed by atoms with Gasteiger partial charge in [-0.1, -0.05) is 6.07 Å². The summed E-state index contributed by atoms with van der Waals surface area (Å²) in [4.78, 5) is 36.3. The van der Waals surface area contributed by atoms with E-state index in [4.69, 9.17) is 9.84 Å². The van der Waals surface area contributed by atoms with Crippen molar-refractivity contribution in [3.63, 3.8) is 0 Å². The molecule has 2 atom stereocenters. The highest BCUT2D eigenvalue weighted by Crippen LogP contribution is 2.26. The fraction of sp³-hybridized carbons (Fsp3) is 0.438. The topological polar surface area (TPSA) is 108 Å². The molecule has 0 radical (unpaired) electrons. The number of nitrogens with zero attached hydrogens (tertiary/aromatic N) is 1. The van der Waals surface area contributed by atoms with Crippen molar-refractivity contribution in [2.24, 2.45) is 0 Å². The Hall–Kier alpha value is -2.77. The first-order valence-electron chi connectivity index (χ1n) is 7.57. The van der Waals surface area contributed by atoms with Crippen LogP contribution in [0.25, 0.3) is 0 Å². The summed E-state index contributed by atoms with van der Waals surface area (Å²) in [5.41, 5.74) is 1.61. The molecule has 3 amide bonds. The molecule has 0 bridgehead atoms. The summed E-state index contributed by atoms with van der Waals surface area (Å²) in [7, 11) is 2.85. The smallest absolute Gasteiger partial charge is 0.407 e. The van der Waals surface area contributed by atoms with Gasteiger partial charge in [0, 0.05) is 18.8 Å². The maximum atomic E-state index is 12.3. The minimum atomic E-state index is -1.21. The van der Waals surface area contributed by atoms with E-state index in [1.165, 1.54) is 14.0 Å². The first-order chi connectivity index (χ1) is 11.3. The third-order valence-electron chi connectivity index (χ3n) is 4.17. The van der Waals surface area contributed by atoms with Crippen LogP contribution in [0.4, 0.5) is 10.5 Å². The minimum Gasteiger partial charge on any atom is -0.497 e. The van der Waals surface area contributed by atoms with Gasteiger partial charge in [0.05, 0.1) is 7.11 Å². The van der Waals surface area contributed by atoms with Crippen LogP contribution in [0.5, 0.6) is 5.75 Å². The highest BCUT2D eigenvalue weighted by Gasteiger charge is 2.29. The van der Waals surface area contributed by atoms with Crippen LogP contribution in [0.1, 0.15) is 18.9 Å². The molecular formula is C16H21N3O5. The summed E-state index contributed by atoms with van der Waals surface area (Å²) in [6.07, 6.45) is -0.172. The van der Waals surface area contributed by atoms with Crippen LogP contribution < -0.4 is 15.4 Å². The second-order valence-corrected chi connectivity index (χ2v) is 5.68. The first-order valence-corrected chi connectivity index (χ1v) is 7.57. The molecule has 0 saturated carbocycles. The van der Waals surface area contributed by atoms with Crippen LogP contribution in [0, 0.1) is 0 Å². The fourth-order valence-corrected chi connectivity index (χ4v) is 2.44. The Bertz CT molecular complexity index is 661. The number of methoxy groups -OCH3 is 1. The maximum absolute atomic E-state index is 12.3. The first kappa shape index (κ1) is 17.6. The van der Waals surface area contributed by atoms with Crippen molar-refractivity contribution in [2.75, 3.05) is 19.5 Å². The molecule has 2 rings (SSSR count). The third kappa shape index (κ3) is 3.76. The lowest BCUT2D eigenvalue weighted by Crippen LogP contribution is -2.51.